The second kappa shape index (κ2) is 5.06. The molecule has 1 fully saturated rings. The lowest BCUT2D eigenvalue weighted by Gasteiger charge is -2.20. The van der Waals surface area contributed by atoms with Gasteiger partial charge in [0.15, 0.2) is 0 Å². The molecular weight excluding hydrogens is 207 g/mol. The molecule has 1 aromatic carbocycles. The van der Waals surface area contributed by atoms with Crippen LogP contribution in [0.3, 0.4) is 0 Å². The lowest BCUT2D eigenvalue weighted by atomic mass is 9.78. The molecule has 0 bridgehead atoms. The second-order valence-electron chi connectivity index (χ2n) is 3.66. The van der Waals surface area contributed by atoms with Gasteiger partial charge in [-0.3, -0.25) is 0 Å². The molecule has 15 heavy (non-hydrogen) atoms. The maximum Gasteiger partial charge on any atom is 0.493 e. The monoisotopic (exact) mass is 222 g/mol. The molecule has 1 heterocycles. The lowest BCUT2D eigenvalue weighted by Crippen LogP contribution is -2.40. The zero-order valence-corrected chi connectivity index (χ0v) is 9.97. The van der Waals surface area contributed by atoms with Gasteiger partial charge in [-0.25, -0.2) is 0 Å². The van der Waals surface area contributed by atoms with Crippen LogP contribution in [0.2, 0.25) is 0 Å². The Labute approximate surface area is 95.5 Å². The third-order valence-electron chi connectivity index (χ3n) is 2.53. The Morgan fingerprint density at radius 2 is 2.00 bits per heavy atom. The highest BCUT2D eigenvalue weighted by molar-refractivity contribution is 7.98. The van der Waals surface area contributed by atoms with E-state index in [1.807, 2.05) is 0 Å². The van der Waals surface area contributed by atoms with Crippen molar-refractivity contribution in [1.29, 1.82) is 0 Å². The van der Waals surface area contributed by atoms with Crippen molar-refractivity contribution in [3.05, 3.63) is 23.8 Å². The predicted octanol–water partition coefficient (Wildman–Crippen LogP) is 1.85. The van der Waals surface area contributed by atoms with Crippen molar-refractivity contribution in [2.75, 3.05) is 19.5 Å². The van der Waals surface area contributed by atoms with Crippen molar-refractivity contribution >= 4 is 24.3 Å². The van der Waals surface area contributed by atoms with Crippen molar-refractivity contribution < 1.29 is 9.31 Å². The fourth-order valence-corrected chi connectivity index (χ4v) is 2.31. The van der Waals surface area contributed by atoms with Crippen molar-refractivity contribution in [2.45, 2.75) is 18.2 Å². The van der Waals surface area contributed by atoms with Gasteiger partial charge in [0, 0.05) is 18.1 Å². The molecule has 0 spiro atoms. The number of thioether (sulfide) groups is 1. The van der Waals surface area contributed by atoms with E-state index in [4.69, 9.17) is 9.31 Å². The van der Waals surface area contributed by atoms with E-state index in [1.54, 1.807) is 11.8 Å². The van der Waals surface area contributed by atoms with Crippen LogP contribution in [0.4, 0.5) is 0 Å². The van der Waals surface area contributed by atoms with E-state index in [9.17, 15) is 0 Å². The smallest absolute Gasteiger partial charge is 0.407 e. The Morgan fingerprint density at radius 1 is 1.27 bits per heavy atom. The minimum atomic E-state index is -0.162. The van der Waals surface area contributed by atoms with Gasteiger partial charge in [0.1, 0.15) is 0 Å². The van der Waals surface area contributed by atoms with E-state index in [2.05, 4.69) is 31.4 Å². The van der Waals surface area contributed by atoms with Gasteiger partial charge in [-0.15, -0.1) is 11.8 Å². The van der Waals surface area contributed by atoms with Gasteiger partial charge in [-0.2, -0.15) is 0 Å². The molecule has 1 aliphatic heterocycles. The summed E-state index contributed by atoms with van der Waals surface area (Å²) in [7, 11) is -0.162. The maximum absolute atomic E-state index is 5.57. The summed E-state index contributed by atoms with van der Waals surface area (Å²) in [6, 6.07) is 6.38. The van der Waals surface area contributed by atoms with Crippen LogP contribution in [-0.2, 0) is 9.31 Å². The SMILES string of the molecule is CSc1cc(B2OCCCO2)ccc1C. The van der Waals surface area contributed by atoms with Crippen LogP contribution in [-0.4, -0.2) is 26.6 Å². The van der Waals surface area contributed by atoms with E-state index in [0.717, 1.165) is 25.1 Å². The zero-order chi connectivity index (χ0) is 10.7. The predicted molar refractivity (Wildman–Crippen MR) is 64.9 cm³/mol. The zero-order valence-electron chi connectivity index (χ0n) is 9.16. The van der Waals surface area contributed by atoms with Crippen LogP contribution < -0.4 is 5.46 Å². The average Bonchev–Trinajstić information content (AvgIpc) is 2.31. The van der Waals surface area contributed by atoms with Crippen LogP contribution in [0.1, 0.15) is 12.0 Å². The van der Waals surface area contributed by atoms with Crippen LogP contribution in [0.5, 0.6) is 0 Å². The molecule has 1 saturated heterocycles. The fourth-order valence-electron chi connectivity index (χ4n) is 1.66. The highest BCUT2D eigenvalue weighted by Crippen LogP contribution is 2.18. The van der Waals surface area contributed by atoms with Gasteiger partial charge in [-0.1, -0.05) is 12.1 Å². The molecule has 0 unspecified atom stereocenters. The molecule has 80 valence electrons. The Bertz CT molecular complexity index is 337. The average molecular weight is 222 g/mol. The molecule has 2 nitrogen and oxygen atoms in total. The molecule has 1 aliphatic rings. The Morgan fingerprint density at radius 3 is 2.67 bits per heavy atom. The summed E-state index contributed by atoms with van der Waals surface area (Å²) < 4.78 is 11.1. The molecule has 1 aromatic rings. The van der Waals surface area contributed by atoms with Crippen LogP contribution in [0.15, 0.2) is 23.1 Å². The topological polar surface area (TPSA) is 18.5 Å². The third kappa shape index (κ3) is 2.57. The molecule has 4 heteroatoms. The molecular formula is C11H15BO2S. The Kier molecular flexibility index (Phi) is 3.73. The molecule has 0 radical (unpaired) electrons. The van der Waals surface area contributed by atoms with Crippen LogP contribution in [0, 0.1) is 6.92 Å². The summed E-state index contributed by atoms with van der Waals surface area (Å²) >= 11 is 1.76. The Balaban J connectivity index is 2.20. The summed E-state index contributed by atoms with van der Waals surface area (Å²) in [6.45, 7) is 3.72. The van der Waals surface area contributed by atoms with E-state index >= 15 is 0 Å². The molecule has 0 N–H and O–H groups in total. The van der Waals surface area contributed by atoms with Crippen molar-refractivity contribution in [3.8, 4) is 0 Å². The lowest BCUT2D eigenvalue weighted by molar-refractivity contribution is 0.143. The maximum atomic E-state index is 5.57. The largest absolute Gasteiger partial charge is 0.493 e. The first kappa shape index (κ1) is 11.1. The second-order valence-corrected chi connectivity index (χ2v) is 4.50. The normalized spacial score (nSPS) is 16.8. The molecule has 0 saturated carbocycles. The third-order valence-corrected chi connectivity index (χ3v) is 3.41. The van der Waals surface area contributed by atoms with Crippen molar-refractivity contribution in [2.24, 2.45) is 0 Å². The molecule has 0 aliphatic carbocycles. The molecule has 0 aromatic heterocycles. The number of hydrogen-bond acceptors (Lipinski definition) is 3. The summed E-state index contributed by atoms with van der Waals surface area (Å²) in [4.78, 5) is 1.30. The van der Waals surface area contributed by atoms with E-state index in [1.165, 1.54) is 10.5 Å². The minimum Gasteiger partial charge on any atom is -0.407 e. The molecule has 0 atom stereocenters. The van der Waals surface area contributed by atoms with E-state index < -0.39 is 0 Å². The molecule has 0 amide bonds. The van der Waals surface area contributed by atoms with Gasteiger partial charge < -0.3 is 9.31 Å². The first-order chi connectivity index (χ1) is 7.31. The van der Waals surface area contributed by atoms with Crippen LogP contribution in [0.25, 0.3) is 0 Å². The van der Waals surface area contributed by atoms with Crippen molar-refractivity contribution in [1.82, 2.24) is 0 Å². The standard InChI is InChI=1S/C11H15BO2S/c1-9-4-5-10(8-11(9)15-2)12-13-6-3-7-14-12/h4-5,8H,3,6-7H2,1-2H3. The van der Waals surface area contributed by atoms with Gasteiger partial charge in [0.05, 0.1) is 0 Å². The van der Waals surface area contributed by atoms with Gasteiger partial charge in [0.25, 0.3) is 0 Å². The molecule has 2 rings (SSSR count). The minimum absolute atomic E-state index is 0.162. The first-order valence-corrected chi connectivity index (χ1v) is 6.41. The van der Waals surface area contributed by atoms with E-state index in [-0.39, 0.29) is 7.12 Å². The summed E-state index contributed by atoms with van der Waals surface area (Å²) in [5, 5.41) is 0. The van der Waals surface area contributed by atoms with Crippen LogP contribution >= 0.6 is 11.8 Å². The summed E-state index contributed by atoms with van der Waals surface area (Å²) in [6.07, 6.45) is 3.09. The highest BCUT2D eigenvalue weighted by atomic mass is 32.2. The van der Waals surface area contributed by atoms with E-state index in [0.29, 0.717) is 0 Å². The summed E-state index contributed by atoms with van der Waals surface area (Å²) in [5.41, 5.74) is 2.44. The van der Waals surface area contributed by atoms with Crippen molar-refractivity contribution in [3.63, 3.8) is 0 Å². The first-order valence-electron chi connectivity index (χ1n) is 5.19. The Hall–Kier alpha value is -0.445. The summed E-state index contributed by atoms with van der Waals surface area (Å²) in [5.74, 6) is 0. The van der Waals surface area contributed by atoms with Gasteiger partial charge in [-0.05, 0) is 36.7 Å². The van der Waals surface area contributed by atoms with Gasteiger partial charge >= 0.3 is 7.12 Å². The fraction of sp³-hybridized carbons (Fsp3) is 0.455. The number of hydrogen-bond donors (Lipinski definition) is 0. The number of rotatable bonds is 2. The highest BCUT2D eigenvalue weighted by Gasteiger charge is 2.24. The quantitative estimate of drug-likeness (QED) is 0.562. The number of benzene rings is 1. The number of aryl methyl sites for hydroxylation is 1. The van der Waals surface area contributed by atoms with Gasteiger partial charge in [0.2, 0.25) is 0 Å².